The molecule has 0 spiro atoms. The molecule has 12 nitrogen and oxygen atoms in total. The third kappa shape index (κ3) is 4.53. The standard InChI is InChI=1S/C36H37N9O3/c1-43-33-26(9-21(12-29(33)48-2)36(47)45-17-20-6-8-27(45)31(20)38)42-35(43)28-11-19-5-7-24(41-34(19)44(28)16-18-3-4-18)22-10-25-32(40-14-22)23(15-39-25)13-30(37)46/h5,7,9-12,14-15,18,20,25,27,31H,3-4,6,8,13,16-17,38H2,1-2H3,(H2,37,46)/t20?,25?,27?,31-/m1/s1. The number of nitrogens with zero attached hydrogens (tertiary/aromatic N) is 7. The van der Waals surface area contributed by atoms with Crippen molar-refractivity contribution in [3.8, 4) is 17.3 Å². The summed E-state index contributed by atoms with van der Waals surface area (Å²) in [5.41, 5.74) is 19.0. The molecule has 12 heteroatoms. The zero-order valence-corrected chi connectivity index (χ0v) is 27.0. The molecule has 9 rings (SSSR count). The number of methoxy groups -OCH3 is 1. The summed E-state index contributed by atoms with van der Waals surface area (Å²) >= 11 is 0. The van der Waals surface area contributed by atoms with Crippen molar-refractivity contribution in [3.05, 3.63) is 58.9 Å². The van der Waals surface area contributed by atoms with Crippen LogP contribution in [0.1, 0.15) is 48.2 Å². The maximum absolute atomic E-state index is 13.8. The lowest BCUT2D eigenvalue weighted by Crippen LogP contribution is -2.41. The number of primary amides is 1. The molecule has 4 N–H and O–H groups in total. The monoisotopic (exact) mass is 643 g/mol. The molecule has 0 radical (unpaired) electrons. The number of amides is 2. The van der Waals surface area contributed by atoms with Crippen molar-refractivity contribution >= 4 is 51.9 Å². The summed E-state index contributed by atoms with van der Waals surface area (Å²) < 4.78 is 10.2. The van der Waals surface area contributed by atoms with E-state index in [9.17, 15) is 9.59 Å². The smallest absolute Gasteiger partial charge is 0.254 e. The van der Waals surface area contributed by atoms with Gasteiger partial charge < -0.3 is 30.2 Å². The Kier molecular flexibility index (Phi) is 6.49. The first kappa shape index (κ1) is 29.1. The first-order chi connectivity index (χ1) is 23.3. The SMILES string of the molecule is COc1cc(C(=O)N2CC3CCC2[C@@H]3N)cc2nc(-c3cc4ccc(C5=CC6N=CC(CC(N)=O)=C6N=C5)nc4n3CC3CC3)n(C)c12. The first-order valence-corrected chi connectivity index (χ1v) is 16.7. The van der Waals surface area contributed by atoms with Gasteiger partial charge in [-0.25, -0.2) is 9.97 Å². The van der Waals surface area contributed by atoms with Crippen LogP contribution in [-0.4, -0.2) is 80.0 Å². The van der Waals surface area contributed by atoms with Crippen molar-refractivity contribution in [2.75, 3.05) is 13.7 Å². The number of allylic oxidation sites excluding steroid dienone is 1. The summed E-state index contributed by atoms with van der Waals surface area (Å²) in [5.74, 6) is 1.94. The molecule has 5 aliphatic rings. The van der Waals surface area contributed by atoms with Crippen LogP contribution in [0.4, 0.5) is 0 Å². The fraction of sp³-hybridized carbons (Fsp3) is 0.389. The number of aryl methyl sites for hydroxylation is 1. The molecular weight excluding hydrogens is 606 g/mol. The van der Waals surface area contributed by atoms with E-state index in [1.54, 1.807) is 19.5 Å². The second-order valence-electron chi connectivity index (χ2n) is 13.8. The number of fused-ring (bicyclic) bond motifs is 5. The number of hydrogen-bond donors (Lipinski definition) is 2. The number of aliphatic imine (C=N–C) groups is 2. The lowest BCUT2D eigenvalue weighted by atomic mass is 10.0. The molecule has 2 aliphatic carbocycles. The summed E-state index contributed by atoms with van der Waals surface area (Å²) in [6.07, 6.45) is 10.1. The van der Waals surface area contributed by atoms with Crippen LogP contribution in [0.2, 0.25) is 0 Å². The number of pyridine rings is 1. The van der Waals surface area contributed by atoms with E-state index in [0.29, 0.717) is 35.2 Å². The van der Waals surface area contributed by atoms with Gasteiger partial charge in [0.1, 0.15) is 23.0 Å². The number of imidazole rings is 1. The van der Waals surface area contributed by atoms with Crippen LogP contribution >= 0.6 is 0 Å². The van der Waals surface area contributed by atoms with Crippen molar-refractivity contribution in [2.24, 2.45) is 40.3 Å². The lowest BCUT2D eigenvalue weighted by molar-refractivity contribution is -0.117. The minimum Gasteiger partial charge on any atom is -0.494 e. The van der Waals surface area contributed by atoms with E-state index in [1.807, 2.05) is 36.2 Å². The highest BCUT2D eigenvalue weighted by molar-refractivity contribution is 6.12. The van der Waals surface area contributed by atoms with Gasteiger partial charge in [0, 0.05) is 66.7 Å². The van der Waals surface area contributed by atoms with Gasteiger partial charge in [-0.3, -0.25) is 19.6 Å². The third-order valence-electron chi connectivity index (χ3n) is 10.8. The van der Waals surface area contributed by atoms with Crippen LogP contribution in [0, 0.1) is 11.8 Å². The number of carbonyl (C=O) groups excluding carboxylic acids is 2. The first-order valence-electron chi connectivity index (χ1n) is 16.7. The minimum atomic E-state index is -0.402. The molecule has 1 aromatic carbocycles. The van der Waals surface area contributed by atoms with Crippen LogP contribution in [0.3, 0.4) is 0 Å². The fourth-order valence-electron chi connectivity index (χ4n) is 8.09. The number of nitrogens with two attached hydrogens (primary N) is 2. The van der Waals surface area contributed by atoms with Crippen molar-refractivity contribution < 1.29 is 14.3 Å². The van der Waals surface area contributed by atoms with Crippen molar-refractivity contribution in [2.45, 2.75) is 56.8 Å². The zero-order chi connectivity index (χ0) is 32.8. The Labute approximate surface area is 276 Å². The Morgan fingerprint density at radius 3 is 2.65 bits per heavy atom. The van der Waals surface area contributed by atoms with Crippen molar-refractivity contribution in [1.82, 2.24) is 24.0 Å². The quantitative estimate of drug-likeness (QED) is 0.298. The van der Waals surface area contributed by atoms with E-state index >= 15 is 0 Å². The van der Waals surface area contributed by atoms with E-state index < -0.39 is 5.91 Å². The molecule has 244 valence electrons. The molecule has 2 amide bonds. The van der Waals surface area contributed by atoms with Crippen LogP contribution in [0.5, 0.6) is 5.75 Å². The van der Waals surface area contributed by atoms with Gasteiger partial charge in [-0.15, -0.1) is 0 Å². The summed E-state index contributed by atoms with van der Waals surface area (Å²) in [7, 11) is 3.63. The number of ether oxygens (including phenoxy) is 1. The predicted octanol–water partition coefficient (Wildman–Crippen LogP) is 3.62. The Bertz CT molecular complexity index is 2180. The highest BCUT2D eigenvalue weighted by atomic mass is 16.5. The molecule has 3 aliphatic heterocycles. The van der Waals surface area contributed by atoms with Crippen LogP contribution < -0.4 is 16.2 Å². The van der Waals surface area contributed by atoms with Crippen LogP contribution in [0.15, 0.2) is 57.7 Å². The van der Waals surface area contributed by atoms with Gasteiger partial charge in [0.2, 0.25) is 5.91 Å². The van der Waals surface area contributed by atoms with Crippen LogP contribution in [0.25, 0.3) is 39.2 Å². The second-order valence-corrected chi connectivity index (χ2v) is 13.8. The molecule has 2 saturated carbocycles. The molecule has 3 fully saturated rings. The van der Waals surface area contributed by atoms with Gasteiger partial charge in [-0.05, 0) is 73.9 Å². The number of hydrogen-bond acceptors (Lipinski definition) is 8. The highest BCUT2D eigenvalue weighted by Gasteiger charge is 2.47. The van der Waals surface area contributed by atoms with Gasteiger partial charge in [0.15, 0.2) is 5.82 Å². The van der Waals surface area contributed by atoms with Gasteiger partial charge in [-0.1, -0.05) is 0 Å². The van der Waals surface area contributed by atoms with Gasteiger partial charge in [0.05, 0.1) is 36.1 Å². The predicted molar refractivity (Wildman–Crippen MR) is 184 cm³/mol. The maximum Gasteiger partial charge on any atom is 0.254 e. The number of carbonyl (C=O) groups is 2. The van der Waals surface area contributed by atoms with E-state index in [0.717, 1.165) is 70.0 Å². The van der Waals surface area contributed by atoms with Crippen molar-refractivity contribution in [1.29, 1.82) is 0 Å². The van der Waals surface area contributed by atoms with Crippen molar-refractivity contribution in [3.63, 3.8) is 0 Å². The van der Waals surface area contributed by atoms with E-state index in [1.165, 1.54) is 12.8 Å². The summed E-state index contributed by atoms with van der Waals surface area (Å²) in [6.45, 7) is 1.54. The highest BCUT2D eigenvalue weighted by Crippen LogP contribution is 2.40. The average Bonchev–Trinajstić information content (AvgIpc) is 3.30. The molecule has 2 bridgehead atoms. The topological polar surface area (TPSA) is 159 Å². The van der Waals surface area contributed by atoms with Gasteiger partial charge in [0.25, 0.3) is 5.91 Å². The summed E-state index contributed by atoms with van der Waals surface area (Å²) in [5, 5.41) is 1.02. The molecule has 4 atom stereocenters. The molecule has 1 saturated heterocycles. The minimum absolute atomic E-state index is 0.0137. The van der Waals surface area contributed by atoms with E-state index in [4.69, 9.17) is 26.2 Å². The van der Waals surface area contributed by atoms with Gasteiger partial charge in [-0.2, -0.15) is 0 Å². The third-order valence-corrected chi connectivity index (χ3v) is 10.8. The number of rotatable bonds is 8. The molecule has 3 unspecified atom stereocenters. The average molecular weight is 644 g/mol. The Morgan fingerprint density at radius 1 is 1.06 bits per heavy atom. The molecule has 3 aromatic heterocycles. The van der Waals surface area contributed by atoms with Crippen LogP contribution in [-0.2, 0) is 18.4 Å². The number of piperidine rings is 1. The molecule has 4 aromatic rings. The largest absolute Gasteiger partial charge is 0.494 e. The normalized spacial score (nSPS) is 24.3. The van der Waals surface area contributed by atoms with E-state index in [-0.39, 0.29) is 30.5 Å². The Balaban J connectivity index is 1.11. The zero-order valence-electron chi connectivity index (χ0n) is 27.0. The number of dihydropyridines is 1. The summed E-state index contributed by atoms with van der Waals surface area (Å²) in [6, 6.07) is 9.88. The number of likely N-dealkylation sites (tertiary alicyclic amines) is 1. The molecule has 6 heterocycles. The number of benzene rings is 1. The summed E-state index contributed by atoms with van der Waals surface area (Å²) in [4.78, 5) is 46.7. The van der Waals surface area contributed by atoms with Gasteiger partial charge >= 0.3 is 0 Å². The lowest BCUT2D eigenvalue weighted by Gasteiger charge is -2.27. The van der Waals surface area contributed by atoms with E-state index in [2.05, 4.69) is 31.3 Å². The second kappa shape index (κ2) is 10.7. The maximum atomic E-state index is 13.8. The molecule has 48 heavy (non-hydrogen) atoms. The Hall–Kier alpha value is -5.10. The fourth-order valence-corrected chi connectivity index (χ4v) is 8.09. The molecular formula is C36H37N9O3. The Morgan fingerprint density at radius 2 is 1.92 bits per heavy atom. The number of aromatic nitrogens is 4.